The van der Waals surface area contributed by atoms with Gasteiger partial charge in [-0.05, 0) is 38.4 Å². The lowest BCUT2D eigenvalue weighted by atomic mass is 9.92. The molecule has 0 saturated carbocycles. The Kier molecular flexibility index (Phi) is 6.42. The Balaban J connectivity index is 0.00000102. The maximum absolute atomic E-state index is 12.8. The Morgan fingerprint density at radius 2 is 1.96 bits per heavy atom. The van der Waals surface area contributed by atoms with Crippen molar-refractivity contribution in [2.45, 2.75) is 13.3 Å². The number of rotatable bonds is 2. The minimum atomic E-state index is -0.155. The van der Waals surface area contributed by atoms with Crippen LogP contribution in [-0.4, -0.2) is 42.9 Å². The second kappa shape index (κ2) is 8.61. The average Bonchev–Trinajstić information content (AvgIpc) is 3.10. The average molecular weight is 411 g/mol. The van der Waals surface area contributed by atoms with Crippen molar-refractivity contribution >= 4 is 29.0 Å². The van der Waals surface area contributed by atoms with E-state index in [1.807, 2.05) is 6.92 Å². The van der Waals surface area contributed by atoms with Crippen molar-refractivity contribution in [3.8, 4) is 5.69 Å². The molecular formula is C19H24Cl2N4O2. The number of aryl methyl sites for hydroxylation is 1. The first-order valence-electron chi connectivity index (χ1n) is 9.00. The first-order valence-corrected chi connectivity index (χ1v) is 9.75. The molecule has 27 heavy (non-hydrogen) atoms. The van der Waals surface area contributed by atoms with E-state index < -0.39 is 0 Å². The van der Waals surface area contributed by atoms with Crippen LogP contribution < -0.4 is 16.2 Å². The number of nitrogens with zero attached hydrogens (tertiary/aromatic N) is 3. The van der Waals surface area contributed by atoms with E-state index in [1.54, 1.807) is 24.3 Å². The number of hydrogen-bond acceptors (Lipinski definition) is 5. The van der Waals surface area contributed by atoms with E-state index in [9.17, 15) is 4.79 Å². The van der Waals surface area contributed by atoms with Crippen LogP contribution in [0.3, 0.4) is 0 Å². The number of anilines is 1. The molecule has 0 aliphatic carbocycles. The molecule has 0 radical (unpaired) electrons. The Hall–Kier alpha value is -1.60. The smallest absolute Gasteiger partial charge is 0.260 e. The molecule has 6 nitrogen and oxygen atoms in total. The van der Waals surface area contributed by atoms with Gasteiger partial charge in [-0.3, -0.25) is 9.36 Å². The number of nitrogens with two attached hydrogens (primary N) is 1. The van der Waals surface area contributed by atoms with E-state index in [1.165, 1.54) is 11.6 Å². The van der Waals surface area contributed by atoms with Crippen molar-refractivity contribution in [2.75, 3.05) is 38.3 Å². The minimum Gasteiger partial charge on any atom is -0.381 e. The third kappa shape index (κ3) is 3.99. The number of aromatic nitrogens is 2. The minimum absolute atomic E-state index is 0.155. The van der Waals surface area contributed by atoms with Gasteiger partial charge in [-0.25, -0.2) is 4.98 Å². The molecule has 3 heterocycles. The van der Waals surface area contributed by atoms with Crippen LogP contribution in [0.1, 0.15) is 12.2 Å². The molecule has 2 aliphatic heterocycles. The summed E-state index contributed by atoms with van der Waals surface area (Å²) in [4.78, 5) is 19.6. The third-order valence-electron chi connectivity index (χ3n) is 5.11. The predicted octanol–water partition coefficient (Wildman–Crippen LogP) is 2.90. The van der Waals surface area contributed by atoms with Crippen LogP contribution in [0.4, 0.5) is 5.82 Å². The van der Waals surface area contributed by atoms with Gasteiger partial charge >= 0.3 is 0 Å². The van der Waals surface area contributed by atoms with Crippen LogP contribution >= 0.6 is 23.2 Å². The van der Waals surface area contributed by atoms with Gasteiger partial charge in [-0.2, -0.15) is 0 Å². The summed E-state index contributed by atoms with van der Waals surface area (Å²) < 4.78 is 7.08. The summed E-state index contributed by atoms with van der Waals surface area (Å²) in [7, 11) is 1.50. The maximum Gasteiger partial charge on any atom is 0.260 e. The molecule has 1 aromatic carbocycles. The van der Waals surface area contributed by atoms with Crippen molar-refractivity contribution in [3.63, 3.8) is 0 Å². The highest BCUT2D eigenvalue weighted by Crippen LogP contribution is 2.33. The highest BCUT2D eigenvalue weighted by atomic mass is 35.5. The molecule has 2 atom stereocenters. The molecule has 2 aromatic rings. The molecule has 1 aromatic heterocycles. The molecule has 8 heteroatoms. The molecule has 4 rings (SSSR count). The van der Waals surface area contributed by atoms with Crippen LogP contribution in [0.5, 0.6) is 0 Å². The zero-order chi connectivity index (χ0) is 19.6. The summed E-state index contributed by atoms with van der Waals surface area (Å²) in [6.45, 7) is 5.26. The molecule has 2 N–H and O–H groups in total. The predicted molar refractivity (Wildman–Crippen MR) is 109 cm³/mol. The van der Waals surface area contributed by atoms with Crippen LogP contribution in [0, 0.1) is 18.8 Å². The van der Waals surface area contributed by atoms with Gasteiger partial charge in [0.1, 0.15) is 11.6 Å². The number of halogens is 2. The van der Waals surface area contributed by atoms with E-state index in [2.05, 4.69) is 15.6 Å². The molecule has 0 bridgehead atoms. The molecule has 0 spiro atoms. The molecule has 2 fully saturated rings. The third-order valence-corrected chi connectivity index (χ3v) is 5.92. The molecule has 2 unspecified atom stereocenters. The van der Waals surface area contributed by atoms with Gasteiger partial charge in [-0.15, -0.1) is 0 Å². The zero-order valence-corrected chi connectivity index (χ0v) is 17.0. The summed E-state index contributed by atoms with van der Waals surface area (Å²) in [5, 5.41) is 0.770. The van der Waals surface area contributed by atoms with Gasteiger partial charge in [-0.1, -0.05) is 29.3 Å². The van der Waals surface area contributed by atoms with Crippen molar-refractivity contribution < 1.29 is 4.74 Å². The topological polar surface area (TPSA) is 73.4 Å². The van der Waals surface area contributed by atoms with E-state index in [-0.39, 0.29) is 5.56 Å². The summed E-state index contributed by atoms with van der Waals surface area (Å²) >= 11 is 12.4. The number of ether oxygens (including phenoxy) is 1. The lowest BCUT2D eigenvalue weighted by Gasteiger charge is -2.23. The van der Waals surface area contributed by atoms with Crippen LogP contribution in [0.2, 0.25) is 10.0 Å². The van der Waals surface area contributed by atoms with Crippen molar-refractivity contribution in [2.24, 2.45) is 17.6 Å². The fraction of sp³-hybridized carbons (Fsp3) is 0.474. The van der Waals surface area contributed by atoms with Gasteiger partial charge in [0.25, 0.3) is 5.56 Å². The Labute approximate surface area is 168 Å². The fourth-order valence-electron chi connectivity index (χ4n) is 3.81. The highest BCUT2D eigenvalue weighted by molar-refractivity contribution is 6.43. The molecule has 0 amide bonds. The van der Waals surface area contributed by atoms with E-state index in [0.717, 1.165) is 38.5 Å². The Morgan fingerprint density at radius 3 is 2.67 bits per heavy atom. The first kappa shape index (κ1) is 20.1. The lowest BCUT2D eigenvalue weighted by molar-refractivity contribution is 0.0373. The van der Waals surface area contributed by atoms with Gasteiger partial charge in [0.15, 0.2) is 0 Å². The maximum atomic E-state index is 12.8. The Morgan fingerprint density at radius 1 is 1.22 bits per heavy atom. The quantitative estimate of drug-likeness (QED) is 0.823. The number of hydrogen-bond donors (Lipinski definition) is 1. The van der Waals surface area contributed by atoms with Crippen LogP contribution in [0.25, 0.3) is 5.69 Å². The summed E-state index contributed by atoms with van der Waals surface area (Å²) in [6, 6.07) is 6.83. The highest BCUT2D eigenvalue weighted by Gasteiger charge is 2.35. The van der Waals surface area contributed by atoms with E-state index in [4.69, 9.17) is 27.9 Å². The molecule has 2 saturated heterocycles. The number of benzene rings is 1. The van der Waals surface area contributed by atoms with Gasteiger partial charge in [0.05, 0.1) is 22.3 Å². The van der Waals surface area contributed by atoms with Crippen molar-refractivity contribution in [1.82, 2.24) is 9.55 Å². The van der Waals surface area contributed by atoms with Crippen LogP contribution in [-0.2, 0) is 4.74 Å². The zero-order valence-electron chi connectivity index (χ0n) is 15.5. The van der Waals surface area contributed by atoms with Crippen molar-refractivity contribution in [1.29, 1.82) is 0 Å². The fourth-order valence-corrected chi connectivity index (χ4v) is 4.19. The van der Waals surface area contributed by atoms with Gasteiger partial charge in [0, 0.05) is 31.7 Å². The SMILES string of the molecule is CN.Cc1nc(N2CC3CCOCC3C2)cc(=O)n1-c1cccc(Cl)c1Cl. The second-order valence-electron chi connectivity index (χ2n) is 6.70. The standard InChI is InChI=1S/C18H19Cl2N3O2.CH5N/c1-11-21-16(22-8-12-5-6-25-10-13(12)9-22)7-17(24)23(11)15-4-2-3-14(19)18(15)20;1-2/h2-4,7,12-13H,5-6,8-10H2,1H3;2H2,1H3. The number of fused-ring (bicyclic) bond motifs is 1. The summed E-state index contributed by atoms with van der Waals surface area (Å²) in [5.74, 6) is 2.48. The van der Waals surface area contributed by atoms with Crippen LogP contribution in [0.15, 0.2) is 29.1 Å². The summed E-state index contributed by atoms with van der Waals surface area (Å²) in [6.07, 6.45) is 1.08. The Bertz CT molecular complexity index is 857. The van der Waals surface area contributed by atoms with E-state index >= 15 is 0 Å². The summed E-state index contributed by atoms with van der Waals surface area (Å²) in [5.41, 5.74) is 4.90. The second-order valence-corrected chi connectivity index (χ2v) is 7.48. The molecule has 2 aliphatic rings. The van der Waals surface area contributed by atoms with Gasteiger partial charge in [0.2, 0.25) is 0 Å². The van der Waals surface area contributed by atoms with E-state index in [0.29, 0.717) is 33.4 Å². The van der Waals surface area contributed by atoms with Crippen molar-refractivity contribution in [3.05, 3.63) is 50.5 Å². The molecule has 146 valence electrons. The largest absolute Gasteiger partial charge is 0.381 e. The lowest BCUT2D eigenvalue weighted by Crippen LogP contribution is -2.28. The first-order chi connectivity index (χ1) is 13.0. The monoisotopic (exact) mass is 410 g/mol. The molecular weight excluding hydrogens is 387 g/mol. The normalized spacial score (nSPS) is 21.4. The van der Waals surface area contributed by atoms with Gasteiger partial charge < -0.3 is 15.4 Å².